The van der Waals surface area contributed by atoms with Crippen LogP contribution < -0.4 is 10.5 Å². The summed E-state index contributed by atoms with van der Waals surface area (Å²) in [6, 6.07) is 11.3. The van der Waals surface area contributed by atoms with Gasteiger partial charge in [-0.1, -0.05) is 0 Å². The molecule has 3 rings (SSSR count). The lowest BCUT2D eigenvalue weighted by Gasteiger charge is -2.05. The third kappa shape index (κ3) is 2.71. The topological polar surface area (TPSA) is 61.0 Å². The minimum absolute atomic E-state index is 0.528. The zero-order valence-corrected chi connectivity index (χ0v) is 10.8. The van der Waals surface area contributed by atoms with E-state index in [4.69, 9.17) is 10.5 Å². The quantitative estimate of drug-likeness (QED) is 0.789. The summed E-state index contributed by atoms with van der Waals surface area (Å²) in [6.45, 7) is 0. The lowest BCUT2D eigenvalue weighted by Crippen LogP contribution is -1.90. The third-order valence-electron chi connectivity index (χ3n) is 2.55. The summed E-state index contributed by atoms with van der Waals surface area (Å²) in [6.07, 6.45) is 3.42. The van der Waals surface area contributed by atoms with Crippen LogP contribution in [0.5, 0.6) is 11.6 Å². The smallest absolute Gasteiger partial charge is 0.219 e. The highest BCUT2D eigenvalue weighted by Crippen LogP contribution is 2.27. The Bertz CT molecular complexity index is 648. The van der Waals surface area contributed by atoms with Crippen LogP contribution >= 0.6 is 11.3 Å². The number of nitrogens with two attached hydrogens (primary N) is 1. The Morgan fingerprint density at radius 1 is 1.00 bits per heavy atom. The third-order valence-corrected chi connectivity index (χ3v) is 3.37. The fraction of sp³-hybridized carbons (Fsp3) is 0. The minimum Gasteiger partial charge on any atom is -0.439 e. The molecule has 94 valence electrons. The number of anilines is 1. The average Bonchev–Trinajstić information content (AvgIpc) is 2.96. The van der Waals surface area contributed by atoms with Crippen LogP contribution in [-0.2, 0) is 0 Å². The largest absolute Gasteiger partial charge is 0.439 e. The van der Waals surface area contributed by atoms with Gasteiger partial charge in [-0.2, -0.15) is 0 Å². The predicted octanol–water partition coefficient (Wildman–Crippen LogP) is 3.58. The van der Waals surface area contributed by atoms with Crippen LogP contribution in [0.2, 0.25) is 0 Å². The zero-order valence-electron chi connectivity index (χ0n) is 9.98. The fourth-order valence-corrected chi connectivity index (χ4v) is 2.25. The van der Waals surface area contributed by atoms with Crippen molar-refractivity contribution >= 4 is 17.0 Å². The molecule has 0 aliphatic rings. The molecule has 0 aliphatic heterocycles. The first-order chi connectivity index (χ1) is 9.31. The van der Waals surface area contributed by atoms with E-state index in [0.29, 0.717) is 11.6 Å². The van der Waals surface area contributed by atoms with Gasteiger partial charge in [0.15, 0.2) is 0 Å². The van der Waals surface area contributed by atoms with Crippen LogP contribution in [-0.4, -0.2) is 9.97 Å². The van der Waals surface area contributed by atoms with Crippen molar-refractivity contribution in [2.24, 2.45) is 0 Å². The van der Waals surface area contributed by atoms with E-state index in [1.54, 1.807) is 29.7 Å². The van der Waals surface area contributed by atoms with Crippen molar-refractivity contribution in [1.82, 2.24) is 9.97 Å². The van der Waals surface area contributed by atoms with Crippen molar-refractivity contribution in [3.63, 3.8) is 0 Å². The molecule has 0 atom stereocenters. The number of hydrogen-bond acceptors (Lipinski definition) is 5. The van der Waals surface area contributed by atoms with Gasteiger partial charge in [0.2, 0.25) is 5.88 Å². The highest BCUT2D eigenvalue weighted by atomic mass is 32.1. The molecule has 0 aliphatic carbocycles. The van der Waals surface area contributed by atoms with Gasteiger partial charge in [-0.05, 0) is 35.9 Å². The summed E-state index contributed by atoms with van der Waals surface area (Å²) in [5, 5.41) is 0. The molecule has 0 amide bonds. The van der Waals surface area contributed by atoms with E-state index in [0.717, 1.165) is 16.2 Å². The van der Waals surface area contributed by atoms with E-state index in [1.165, 1.54) is 0 Å². The Balaban J connectivity index is 1.77. The van der Waals surface area contributed by atoms with Crippen molar-refractivity contribution in [1.29, 1.82) is 0 Å². The summed E-state index contributed by atoms with van der Waals surface area (Å²) < 4.78 is 5.63. The van der Waals surface area contributed by atoms with Gasteiger partial charge < -0.3 is 10.5 Å². The van der Waals surface area contributed by atoms with Crippen LogP contribution in [0.25, 0.3) is 10.4 Å². The Kier molecular flexibility index (Phi) is 3.12. The van der Waals surface area contributed by atoms with Gasteiger partial charge >= 0.3 is 0 Å². The molecule has 0 bridgehead atoms. The second-order valence-corrected chi connectivity index (χ2v) is 4.81. The van der Waals surface area contributed by atoms with Gasteiger partial charge in [-0.25, -0.2) is 4.98 Å². The van der Waals surface area contributed by atoms with Gasteiger partial charge in [0.1, 0.15) is 5.75 Å². The van der Waals surface area contributed by atoms with Crippen molar-refractivity contribution in [2.75, 3.05) is 5.73 Å². The van der Waals surface area contributed by atoms with E-state index in [9.17, 15) is 0 Å². The van der Waals surface area contributed by atoms with Gasteiger partial charge in [-0.15, -0.1) is 11.3 Å². The normalized spacial score (nSPS) is 10.3. The number of benzene rings is 1. The molecular formula is C14H11N3OS. The van der Waals surface area contributed by atoms with Crippen molar-refractivity contribution in [3.05, 3.63) is 54.3 Å². The first-order valence-electron chi connectivity index (χ1n) is 5.69. The monoisotopic (exact) mass is 269 g/mol. The molecule has 2 N–H and O–H groups in total. The molecule has 0 saturated heterocycles. The Morgan fingerprint density at radius 3 is 2.47 bits per heavy atom. The lowest BCUT2D eigenvalue weighted by atomic mass is 10.2. The summed E-state index contributed by atoms with van der Waals surface area (Å²) in [4.78, 5) is 9.29. The van der Waals surface area contributed by atoms with Crippen LogP contribution in [0.1, 0.15) is 0 Å². The summed E-state index contributed by atoms with van der Waals surface area (Å²) in [5.74, 6) is 1.27. The zero-order chi connectivity index (χ0) is 13.1. The van der Waals surface area contributed by atoms with Crippen molar-refractivity contribution in [2.45, 2.75) is 0 Å². The van der Waals surface area contributed by atoms with E-state index in [1.807, 2.05) is 36.0 Å². The number of thiazole rings is 1. The summed E-state index contributed by atoms with van der Waals surface area (Å²) in [7, 11) is 0. The fourth-order valence-electron chi connectivity index (χ4n) is 1.62. The molecule has 2 heterocycles. The van der Waals surface area contributed by atoms with Crippen LogP contribution in [0.4, 0.5) is 5.69 Å². The maximum atomic E-state index is 5.63. The average molecular weight is 269 g/mol. The summed E-state index contributed by atoms with van der Waals surface area (Å²) in [5.41, 5.74) is 9.13. The summed E-state index contributed by atoms with van der Waals surface area (Å²) >= 11 is 1.61. The molecule has 19 heavy (non-hydrogen) atoms. The van der Waals surface area contributed by atoms with E-state index < -0.39 is 0 Å². The number of pyridine rings is 1. The first kappa shape index (κ1) is 11.7. The van der Waals surface area contributed by atoms with E-state index in [2.05, 4.69) is 9.97 Å². The second-order valence-electron chi connectivity index (χ2n) is 3.92. The van der Waals surface area contributed by atoms with Gasteiger partial charge in [0.05, 0.1) is 22.3 Å². The Hall–Kier alpha value is -2.40. The van der Waals surface area contributed by atoms with Gasteiger partial charge in [-0.3, -0.25) is 4.98 Å². The molecule has 1 aromatic carbocycles. The molecule has 0 fully saturated rings. The van der Waals surface area contributed by atoms with Crippen molar-refractivity contribution < 1.29 is 4.74 Å². The second kappa shape index (κ2) is 5.07. The maximum absolute atomic E-state index is 5.63. The van der Waals surface area contributed by atoms with Crippen molar-refractivity contribution in [3.8, 4) is 22.1 Å². The first-order valence-corrected chi connectivity index (χ1v) is 6.57. The molecule has 4 nitrogen and oxygen atoms in total. The number of ether oxygens (including phenoxy) is 1. The Morgan fingerprint density at radius 2 is 1.84 bits per heavy atom. The maximum Gasteiger partial charge on any atom is 0.219 e. The molecule has 0 saturated carbocycles. The molecule has 0 unspecified atom stereocenters. The molecule has 2 aromatic heterocycles. The highest BCUT2D eigenvalue weighted by molar-refractivity contribution is 7.13. The minimum atomic E-state index is 0.528. The van der Waals surface area contributed by atoms with Crippen LogP contribution in [0.15, 0.2) is 54.3 Å². The molecule has 5 heteroatoms. The standard InChI is InChI=1S/C14H11N3OS/c15-11-3-6-14(17-7-11)18-12-4-1-10(2-5-12)13-8-16-9-19-13/h1-9H,15H2. The molecule has 3 aromatic rings. The van der Waals surface area contributed by atoms with E-state index >= 15 is 0 Å². The number of rotatable bonds is 3. The van der Waals surface area contributed by atoms with E-state index in [-0.39, 0.29) is 0 Å². The number of nitrogen functional groups attached to an aromatic ring is 1. The molecular weight excluding hydrogens is 258 g/mol. The number of nitrogens with zero attached hydrogens (tertiary/aromatic N) is 2. The Labute approximate surface area is 114 Å². The number of aromatic nitrogens is 2. The van der Waals surface area contributed by atoms with Crippen LogP contribution in [0, 0.1) is 0 Å². The SMILES string of the molecule is Nc1ccc(Oc2ccc(-c3cncs3)cc2)nc1. The molecule has 0 spiro atoms. The van der Waals surface area contributed by atoms with Gasteiger partial charge in [0, 0.05) is 12.3 Å². The van der Waals surface area contributed by atoms with Gasteiger partial charge in [0.25, 0.3) is 0 Å². The highest BCUT2D eigenvalue weighted by Gasteiger charge is 2.01. The lowest BCUT2D eigenvalue weighted by molar-refractivity contribution is 0.463. The molecule has 0 radical (unpaired) electrons. The van der Waals surface area contributed by atoms with Crippen LogP contribution in [0.3, 0.4) is 0 Å². The number of hydrogen-bond donors (Lipinski definition) is 1. The predicted molar refractivity (Wildman–Crippen MR) is 76.3 cm³/mol.